The first-order chi connectivity index (χ1) is 8.31. The van der Waals surface area contributed by atoms with Gasteiger partial charge in [-0.05, 0) is 29.8 Å². The Kier molecular flexibility index (Phi) is 4.75. The number of aryl methyl sites for hydroxylation is 1. The van der Waals surface area contributed by atoms with E-state index < -0.39 is 0 Å². The second-order valence-corrected chi connectivity index (χ2v) is 5.37. The Bertz CT molecular complexity index is 345. The summed E-state index contributed by atoms with van der Waals surface area (Å²) in [6.07, 6.45) is 2.21. The van der Waals surface area contributed by atoms with E-state index in [1.54, 1.807) is 16.4 Å². The van der Waals surface area contributed by atoms with Crippen molar-refractivity contribution in [1.82, 2.24) is 25.5 Å². The molecule has 1 aromatic rings. The lowest BCUT2D eigenvalue weighted by molar-refractivity contribution is 0.0832. The van der Waals surface area contributed by atoms with Gasteiger partial charge in [-0.2, -0.15) is 0 Å². The number of nitrogens with zero attached hydrogens (tertiary/aromatic N) is 4. The second kappa shape index (κ2) is 6.32. The number of tetrazole rings is 1. The highest BCUT2D eigenvalue weighted by Gasteiger charge is 2.27. The first-order valence-electron chi connectivity index (χ1n) is 6.01. The molecule has 2 unspecified atom stereocenters. The summed E-state index contributed by atoms with van der Waals surface area (Å²) in [5.41, 5.74) is 0. The van der Waals surface area contributed by atoms with Gasteiger partial charge < -0.3 is 10.1 Å². The molecule has 7 heteroatoms. The van der Waals surface area contributed by atoms with Crippen LogP contribution in [0.2, 0.25) is 0 Å². The molecule has 96 valence electrons. The first-order valence-corrected chi connectivity index (χ1v) is 6.89. The molecule has 2 atom stereocenters. The van der Waals surface area contributed by atoms with Crippen LogP contribution in [0.3, 0.4) is 0 Å². The van der Waals surface area contributed by atoms with Crippen molar-refractivity contribution in [2.45, 2.75) is 36.2 Å². The third kappa shape index (κ3) is 3.40. The fourth-order valence-electron chi connectivity index (χ4n) is 1.85. The SMILES string of the molecule is CCCNC1CCOCC1Sc1nnnn1C. The summed E-state index contributed by atoms with van der Waals surface area (Å²) in [6, 6.07) is 0.491. The maximum Gasteiger partial charge on any atom is 0.209 e. The molecule has 1 N–H and O–H groups in total. The van der Waals surface area contributed by atoms with Crippen LogP contribution in [0.5, 0.6) is 0 Å². The average molecular weight is 257 g/mol. The van der Waals surface area contributed by atoms with Crippen molar-refractivity contribution in [2.24, 2.45) is 7.05 Å². The molecule has 2 rings (SSSR count). The van der Waals surface area contributed by atoms with Gasteiger partial charge in [-0.3, -0.25) is 0 Å². The molecule has 2 heterocycles. The van der Waals surface area contributed by atoms with E-state index in [0.717, 1.165) is 37.8 Å². The molecule has 0 amide bonds. The van der Waals surface area contributed by atoms with Crippen molar-refractivity contribution in [3.8, 4) is 0 Å². The molecule has 1 aromatic heterocycles. The van der Waals surface area contributed by atoms with Crippen LogP contribution in [0.15, 0.2) is 5.16 Å². The molecule has 6 nitrogen and oxygen atoms in total. The molecule has 0 bridgehead atoms. The monoisotopic (exact) mass is 257 g/mol. The van der Waals surface area contributed by atoms with Gasteiger partial charge in [0.1, 0.15) is 0 Å². The average Bonchev–Trinajstić information content (AvgIpc) is 2.74. The van der Waals surface area contributed by atoms with Crippen LogP contribution in [0.4, 0.5) is 0 Å². The summed E-state index contributed by atoms with van der Waals surface area (Å²) in [7, 11) is 1.86. The molecule has 1 fully saturated rings. The van der Waals surface area contributed by atoms with Crippen molar-refractivity contribution in [2.75, 3.05) is 19.8 Å². The molecule has 17 heavy (non-hydrogen) atoms. The summed E-state index contributed by atoms with van der Waals surface area (Å²) >= 11 is 1.70. The Balaban J connectivity index is 1.94. The number of hydrogen-bond donors (Lipinski definition) is 1. The maximum absolute atomic E-state index is 5.54. The highest BCUT2D eigenvalue weighted by molar-refractivity contribution is 7.99. The third-order valence-corrected chi connectivity index (χ3v) is 4.12. The van der Waals surface area contributed by atoms with Gasteiger partial charge in [0.05, 0.1) is 11.9 Å². The van der Waals surface area contributed by atoms with E-state index in [4.69, 9.17) is 4.74 Å². The van der Waals surface area contributed by atoms with Crippen molar-refractivity contribution in [1.29, 1.82) is 0 Å². The Morgan fingerprint density at radius 2 is 2.47 bits per heavy atom. The van der Waals surface area contributed by atoms with Crippen molar-refractivity contribution < 1.29 is 4.74 Å². The Labute approximate surface area is 105 Å². The Morgan fingerprint density at radius 3 is 3.18 bits per heavy atom. The van der Waals surface area contributed by atoms with Gasteiger partial charge in [0.15, 0.2) is 0 Å². The zero-order valence-corrected chi connectivity index (χ0v) is 11.1. The fourth-order valence-corrected chi connectivity index (χ4v) is 2.95. The second-order valence-electron chi connectivity index (χ2n) is 4.17. The van der Waals surface area contributed by atoms with Gasteiger partial charge in [0.25, 0.3) is 0 Å². The van der Waals surface area contributed by atoms with Gasteiger partial charge in [0.2, 0.25) is 5.16 Å². The Hall–Kier alpha value is -0.660. The van der Waals surface area contributed by atoms with E-state index in [1.165, 1.54) is 0 Å². The third-order valence-electron chi connectivity index (χ3n) is 2.80. The zero-order valence-electron chi connectivity index (χ0n) is 10.3. The van der Waals surface area contributed by atoms with E-state index in [2.05, 4.69) is 27.8 Å². The lowest BCUT2D eigenvalue weighted by Gasteiger charge is -2.31. The molecule has 0 aliphatic carbocycles. The fraction of sp³-hybridized carbons (Fsp3) is 0.900. The van der Waals surface area contributed by atoms with Gasteiger partial charge in [-0.25, -0.2) is 4.68 Å². The normalized spacial score (nSPS) is 25.1. The minimum Gasteiger partial charge on any atom is -0.380 e. The summed E-state index contributed by atoms with van der Waals surface area (Å²) in [5.74, 6) is 0. The summed E-state index contributed by atoms with van der Waals surface area (Å²) in [5, 5.41) is 16.3. The minimum atomic E-state index is 0.389. The van der Waals surface area contributed by atoms with Crippen LogP contribution in [0.25, 0.3) is 0 Å². The van der Waals surface area contributed by atoms with Gasteiger partial charge >= 0.3 is 0 Å². The van der Waals surface area contributed by atoms with E-state index in [1.807, 2.05) is 7.05 Å². The molecule has 1 aliphatic rings. The van der Waals surface area contributed by atoms with Gasteiger partial charge in [0, 0.05) is 19.7 Å². The number of rotatable bonds is 5. The largest absolute Gasteiger partial charge is 0.380 e. The molecular weight excluding hydrogens is 238 g/mol. The summed E-state index contributed by atoms with van der Waals surface area (Å²) in [4.78, 5) is 0. The van der Waals surface area contributed by atoms with Crippen molar-refractivity contribution >= 4 is 11.8 Å². The maximum atomic E-state index is 5.54. The summed E-state index contributed by atoms with van der Waals surface area (Å²) in [6.45, 7) is 4.84. The van der Waals surface area contributed by atoms with Crippen LogP contribution < -0.4 is 5.32 Å². The highest BCUT2D eigenvalue weighted by Crippen LogP contribution is 2.26. The molecule has 0 radical (unpaired) electrons. The molecule has 0 spiro atoms. The first kappa shape index (κ1) is 12.8. The molecule has 0 aromatic carbocycles. The number of aromatic nitrogens is 4. The molecule has 1 aliphatic heterocycles. The number of hydrogen-bond acceptors (Lipinski definition) is 6. The molecule has 0 saturated carbocycles. The molecule has 1 saturated heterocycles. The number of thioether (sulfide) groups is 1. The van der Waals surface area contributed by atoms with E-state index in [-0.39, 0.29) is 0 Å². The quantitative estimate of drug-likeness (QED) is 0.826. The summed E-state index contributed by atoms with van der Waals surface area (Å²) < 4.78 is 7.25. The Morgan fingerprint density at radius 1 is 1.59 bits per heavy atom. The van der Waals surface area contributed by atoms with Crippen molar-refractivity contribution in [3.05, 3.63) is 0 Å². The van der Waals surface area contributed by atoms with Crippen LogP contribution >= 0.6 is 11.8 Å². The smallest absolute Gasteiger partial charge is 0.209 e. The van der Waals surface area contributed by atoms with Gasteiger partial charge in [-0.1, -0.05) is 18.7 Å². The van der Waals surface area contributed by atoms with E-state index >= 15 is 0 Å². The van der Waals surface area contributed by atoms with Crippen LogP contribution in [0, 0.1) is 0 Å². The predicted molar refractivity (Wildman–Crippen MR) is 66.0 cm³/mol. The van der Waals surface area contributed by atoms with E-state index in [0.29, 0.717) is 11.3 Å². The minimum absolute atomic E-state index is 0.389. The standard InChI is InChI=1S/C10H19N5OS/c1-3-5-11-8-4-6-16-7-9(8)17-10-12-13-14-15(10)2/h8-9,11H,3-7H2,1-2H3. The van der Waals surface area contributed by atoms with Crippen molar-refractivity contribution in [3.63, 3.8) is 0 Å². The zero-order chi connectivity index (χ0) is 12.1. The number of ether oxygens (including phenoxy) is 1. The lowest BCUT2D eigenvalue weighted by atomic mass is 10.1. The topological polar surface area (TPSA) is 64.9 Å². The van der Waals surface area contributed by atoms with Crippen LogP contribution in [-0.4, -0.2) is 51.3 Å². The lowest BCUT2D eigenvalue weighted by Crippen LogP contribution is -2.45. The van der Waals surface area contributed by atoms with E-state index in [9.17, 15) is 0 Å². The highest BCUT2D eigenvalue weighted by atomic mass is 32.2. The van der Waals surface area contributed by atoms with Crippen LogP contribution in [-0.2, 0) is 11.8 Å². The predicted octanol–water partition coefficient (Wildman–Crippen LogP) is 0.459. The number of nitrogens with one attached hydrogen (secondary N) is 1. The van der Waals surface area contributed by atoms with Gasteiger partial charge in [-0.15, -0.1) is 5.10 Å². The van der Waals surface area contributed by atoms with Crippen LogP contribution in [0.1, 0.15) is 19.8 Å². The molecular formula is C10H19N5OS.